The lowest BCUT2D eigenvalue weighted by molar-refractivity contribution is -0.134. The van der Waals surface area contributed by atoms with Crippen molar-refractivity contribution in [1.82, 2.24) is 4.90 Å². The van der Waals surface area contributed by atoms with Crippen LogP contribution in [0.5, 0.6) is 0 Å². The van der Waals surface area contributed by atoms with E-state index < -0.39 is 0 Å². The highest BCUT2D eigenvalue weighted by atomic mass is 16.2. The van der Waals surface area contributed by atoms with Crippen LogP contribution in [0.2, 0.25) is 0 Å². The Bertz CT molecular complexity index is 429. The van der Waals surface area contributed by atoms with E-state index >= 15 is 0 Å². The van der Waals surface area contributed by atoms with E-state index in [1.807, 2.05) is 29.2 Å². The van der Waals surface area contributed by atoms with Crippen LogP contribution < -0.4 is 5.73 Å². The standard InChI is InChI=1S/C16H24N2O/c1-3-11-18(12-4-2)15(19)16(9-10-16)13-5-7-14(17)8-6-13/h5-8H,3-4,9-12,17H2,1-2H3. The minimum atomic E-state index is -0.252. The average Bonchev–Trinajstić information content (AvgIpc) is 3.20. The lowest BCUT2D eigenvalue weighted by Crippen LogP contribution is -2.40. The first kappa shape index (κ1) is 13.9. The van der Waals surface area contributed by atoms with Gasteiger partial charge in [0.1, 0.15) is 0 Å². The van der Waals surface area contributed by atoms with Gasteiger partial charge in [0.25, 0.3) is 0 Å². The number of carbonyl (C=O) groups excluding carboxylic acids is 1. The molecule has 2 rings (SSSR count). The number of amides is 1. The van der Waals surface area contributed by atoms with Gasteiger partial charge in [-0.3, -0.25) is 4.79 Å². The number of carbonyl (C=O) groups is 1. The Morgan fingerprint density at radius 1 is 1.16 bits per heavy atom. The number of nitrogen functional groups attached to an aromatic ring is 1. The number of benzene rings is 1. The second kappa shape index (κ2) is 5.64. The zero-order valence-corrected chi connectivity index (χ0v) is 12.0. The summed E-state index contributed by atoms with van der Waals surface area (Å²) in [5.74, 6) is 0.306. The molecule has 104 valence electrons. The molecule has 0 aromatic heterocycles. The molecule has 0 bridgehead atoms. The zero-order valence-electron chi connectivity index (χ0n) is 12.0. The zero-order chi connectivity index (χ0) is 13.9. The minimum Gasteiger partial charge on any atom is -0.399 e. The van der Waals surface area contributed by atoms with Crippen LogP contribution >= 0.6 is 0 Å². The van der Waals surface area contributed by atoms with Gasteiger partial charge in [0.15, 0.2) is 0 Å². The predicted octanol–water partition coefficient (Wildman–Crippen LogP) is 2.95. The largest absolute Gasteiger partial charge is 0.399 e. The maximum Gasteiger partial charge on any atom is 0.233 e. The highest BCUT2D eigenvalue weighted by Gasteiger charge is 2.52. The van der Waals surface area contributed by atoms with E-state index in [0.29, 0.717) is 5.91 Å². The van der Waals surface area contributed by atoms with Crippen LogP contribution in [0.4, 0.5) is 5.69 Å². The summed E-state index contributed by atoms with van der Waals surface area (Å²) in [4.78, 5) is 14.8. The Balaban J connectivity index is 2.19. The van der Waals surface area contributed by atoms with Crippen molar-refractivity contribution in [2.24, 2.45) is 0 Å². The van der Waals surface area contributed by atoms with Crippen molar-refractivity contribution < 1.29 is 4.79 Å². The Morgan fingerprint density at radius 3 is 2.11 bits per heavy atom. The fourth-order valence-corrected chi connectivity index (χ4v) is 2.71. The molecule has 1 aromatic rings. The summed E-state index contributed by atoms with van der Waals surface area (Å²) >= 11 is 0. The molecule has 3 heteroatoms. The first-order valence-electron chi connectivity index (χ1n) is 7.29. The molecule has 0 unspecified atom stereocenters. The molecule has 19 heavy (non-hydrogen) atoms. The summed E-state index contributed by atoms with van der Waals surface area (Å²) in [6.45, 7) is 5.98. The van der Waals surface area contributed by atoms with Crippen LogP contribution in [0.25, 0.3) is 0 Å². The van der Waals surface area contributed by atoms with Crippen molar-refractivity contribution in [2.45, 2.75) is 44.9 Å². The number of nitrogens with two attached hydrogens (primary N) is 1. The highest BCUT2D eigenvalue weighted by Crippen LogP contribution is 2.49. The second-order valence-electron chi connectivity index (χ2n) is 5.50. The fourth-order valence-electron chi connectivity index (χ4n) is 2.71. The number of rotatable bonds is 6. The fraction of sp³-hybridized carbons (Fsp3) is 0.562. The molecule has 0 saturated heterocycles. The van der Waals surface area contributed by atoms with Crippen LogP contribution in [0.3, 0.4) is 0 Å². The second-order valence-corrected chi connectivity index (χ2v) is 5.50. The first-order chi connectivity index (χ1) is 9.14. The third-order valence-electron chi connectivity index (χ3n) is 3.90. The maximum absolute atomic E-state index is 12.8. The quantitative estimate of drug-likeness (QED) is 0.799. The summed E-state index contributed by atoms with van der Waals surface area (Å²) in [6, 6.07) is 7.81. The molecule has 2 N–H and O–H groups in total. The van der Waals surface area contributed by atoms with Crippen LogP contribution in [-0.2, 0) is 10.2 Å². The van der Waals surface area contributed by atoms with Gasteiger partial charge in [0, 0.05) is 18.8 Å². The summed E-state index contributed by atoms with van der Waals surface area (Å²) in [5, 5.41) is 0. The Hall–Kier alpha value is -1.51. The topological polar surface area (TPSA) is 46.3 Å². The molecule has 0 atom stereocenters. The van der Waals surface area contributed by atoms with Gasteiger partial charge < -0.3 is 10.6 Å². The van der Waals surface area contributed by atoms with E-state index in [0.717, 1.165) is 50.0 Å². The molecular weight excluding hydrogens is 236 g/mol. The van der Waals surface area contributed by atoms with Gasteiger partial charge in [-0.2, -0.15) is 0 Å². The Morgan fingerprint density at radius 2 is 1.68 bits per heavy atom. The van der Waals surface area contributed by atoms with E-state index in [2.05, 4.69) is 13.8 Å². The lowest BCUT2D eigenvalue weighted by Gasteiger charge is -2.27. The van der Waals surface area contributed by atoms with Crippen molar-refractivity contribution in [3.8, 4) is 0 Å². The van der Waals surface area contributed by atoms with Gasteiger partial charge in [-0.25, -0.2) is 0 Å². The molecule has 1 amide bonds. The smallest absolute Gasteiger partial charge is 0.233 e. The molecule has 1 aliphatic carbocycles. The van der Waals surface area contributed by atoms with Gasteiger partial charge in [-0.15, -0.1) is 0 Å². The van der Waals surface area contributed by atoms with Gasteiger partial charge in [0.05, 0.1) is 5.41 Å². The SMILES string of the molecule is CCCN(CCC)C(=O)C1(c2ccc(N)cc2)CC1. The van der Waals surface area contributed by atoms with Crippen LogP contribution in [-0.4, -0.2) is 23.9 Å². The Kier molecular flexibility index (Phi) is 4.13. The highest BCUT2D eigenvalue weighted by molar-refractivity contribution is 5.91. The summed E-state index contributed by atoms with van der Waals surface area (Å²) in [5.41, 5.74) is 7.36. The molecule has 0 aliphatic heterocycles. The normalized spacial score (nSPS) is 16.1. The average molecular weight is 260 g/mol. The predicted molar refractivity (Wildman–Crippen MR) is 78.9 cm³/mol. The molecule has 1 aromatic carbocycles. The van der Waals surface area contributed by atoms with E-state index in [1.165, 1.54) is 0 Å². The molecule has 0 spiro atoms. The molecule has 1 saturated carbocycles. The summed E-state index contributed by atoms with van der Waals surface area (Å²) in [6.07, 6.45) is 3.98. The van der Waals surface area contributed by atoms with E-state index in [9.17, 15) is 4.79 Å². The van der Waals surface area contributed by atoms with E-state index in [1.54, 1.807) is 0 Å². The number of nitrogens with zero attached hydrogens (tertiary/aromatic N) is 1. The van der Waals surface area contributed by atoms with Gasteiger partial charge in [-0.05, 0) is 43.4 Å². The summed E-state index contributed by atoms with van der Waals surface area (Å²) < 4.78 is 0. The van der Waals surface area contributed by atoms with Gasteiger partial charge >= 0.3 is 0 Å². The lowest BCUT2D eigenvalue weighted by atomic mass is 9.94. The van der Waals surface area contributed by atoms with Crippen molar-refractivity contribution in [2.75, 3.05) is 18.8 Å². The van der Waals surface area contributed by atoms with Crippen molar-refractivity contribution in [3.63, 3.8) is 0 Å². The maximum atomic E-state index is 12.8. The summed E-state index contributed by atoms with van der Waals surface area (Å²) in [7, 11) is 0. The molecule has 0 radical (unpaired) electrons. The molecule has 0 heterocycles. The van der Waals surface area contributed by atoms with Gasteiger partial charge in [0.2, 0.25) is 5.91 Å². The third kappa shape index (κ3) is 2.75. The van der Waals surface area contributed by atoms with E-state index in [4.69, 9.17) is 5.73 Å². The van der Waals surface area contributed by atoms with Crippen molar-refractivity contribution in [1.29, 1.82) is 0 Å². The van der Waals surface area contributed by atoms with Crippen LogP contribution in [0, 0.1) is 0 Å². The molecule has 3 nitrogen and oxygen atoms in total. The van der Waals surface area contributed by atoms with Crippen molar-refractivity contribution >= 4 is 11.6 Å². The molecular formula is C16H24N2O. The number of anilines is 1. The number of hydrogen-bond donors (Lipinski definition) is 1. The van der Waals surface area contributed by atoms with Crippen molar-refractivity contribution in [3.05, 3.63) is 29.8 Å². The number of hydrogen-bond acceptors (Lipinski definition) is 2. The monoisotopic (exact) mass is 260 g/mol. The van der Waals surface area contributed by atoms with Crippen LogP contribution in [0.15, 0.2) is 24.3 Å². The third-order valence-corrected chi connectivity index (χ3v) is 3.90. The van der Waals surface area contributed by atoms with E-state index in [-0.39, 0.29) is 5.41 Å². The minimum absolute atomic E-state index is 0.252. The molecule has 1 fully saturated rings. The molecule has 1 aliphatic rings. The van der Waals surface area contributed by atoms with Crippen LogP contribution in [0.1, 0.15) is 45.1 Å². The first-order valence-corrected chi connectivity index (χ1v) is 7.29. The Labute approximate surface area is 115 Å². The van der Waals surface area contributed by atoms with Gasteiger partial charge in [-0.1, -0.05) is 26.0 Å².